The van der Waals surface area contributed by atoms with Gasteiger partial charge in [-0.15, -0.1) is 6.42 Å². The third-order valence-corrected chi connectivity index (χ3v) is 4.23. The van der Waals surface area contributed by atoms with Gasteiger partial charge in [0.1, 0.15) is 16.7 Å². The summed E-state index contributed by atoms with van der Waals surface area (Å²) >= 11 is 5.60. The van der Waals surface area contributed by atoms with Gasteiger partial charge in [-0.25, -0.2) is 4.39 Å². The van der Waals surface area contributed by atoms with Crippen LogP contribution in [0, 0.1) is 23.6 Å². The third kappa shape index (κ3) is 6.61. The topological polar surface area (TPSA) is 74.6 Å². The number of methoxy groups -OCH3 is 1. The summed E-state index contributed by atoms with van der Waals surface area (Å²) in [6.45, 7) is 2.09. The zero-order chi connectivity index (χ0) is 21.4. The van der Waals surface area contributed by atoms with E-state index in [1.165, 1.54) is 24.3 Å². The molecule has 0 aliphatic heterocycles. The first kappa shape index (κ1) is 22.4. The van der Waals surface area contributed by atoms with Crippen molar-refractivity contribution in [2.24, 2.45) is 0 Å². The van der Waals surface area contributed by atoms with Gasteiger partial charge in [-0.3, -0.25) is 5.41 Å². The van der Waals surface area contributed by atoms with E-state index in [1.54, 1.807) is 14.0 Å². The highest BCUT2D eigenvalue weighted by Crippen LogP contribution is 2.29. The molecule has 0 amide bonds. The van der Waals surface area contributed by atoms with Gasteiger partial charge < -0.3 is 19.9 Å². The number of benzene rings is 2. The minimum atomic E-state index is -1.30. The van der Waals surface area contributed by atoms with E-state index < -0.39 is 18.0 Å². The quantitative estimate of drug-likeness (QED) is 0.412. The van der Waals surface area contributed by atoms with Crippen molar-refractivity contribution in [3.63, 3.8) is 0 Å². The summed E-state index contributed by atoms with van der Waals surface area (Å²) in [5, 5.41) is 20.0. The largest absolute Gasteiger partial charge is 0.497 e. The molecule has 0 saturated carbocycles. The minimum Gasteiger partial charge on any atom is -0.497 e. The van der Waals surface area contributed by atoms with Crippen LogP contribution in [0.3, 0.4) is 0 Å². The molecule has 3 N–H and O–H groups in total. The molecule has 0 aliphatic rings. The molecule has 2 aromatic rings. The number of nitrogens with one attached hydrogen (secondary N) is 2. The first-order chi connectivity index (χ1) is 13.8. The van der Waals surface area contributed by atoms with E-state index in [9.17, 15) is 9.50 Å². The number of rotatable bonds is 9. The Morgan fingerprint density at radius 3 is 2.62 bits per heavy atom. The van der Waals surface area contributed by atoms with Gasteiger partial charge in [0.15, 0.2) is 6.10 Å². The Bertz CT molecular complexity index is 923. The van der Waals surface area contributed by atoms with E-state index in [0.29, 0.717) is 17.9 Å². The van der Waals surface area contributed by atoms with E-state index in [4.69, 9.17) is 32.9 Å². The highest BCUT2D eigenvalue weighted by Gasteiger charge is 2.16. The first-order valence-electron chi connectivity index (χ1n) is 8.75. The molecular formula is C22H22ClFN2O3. The Hall–Kier alpha value is -2.85. The Kier molecular flexibility index (Phi) is 8.22. The molecule has 2 rings (SSSR count). The lowest BCUT2D eigenvalue weighted by molar-refractivity contribution is 0.0528. The molecule has 2 atom stereocenters. The number of hydrogen-bond donors (Lipinski definition) is 3. The number of aliphatic hydroxyl groups excluding tert-OH is 1. The number of terminal acetylenes is 1. The summed E-state index contributed by atoms with van der Waals surface area (Å²) in [6, 6.07) is 11.5. The van der Waals surface area contributed by atoms with Gasteiger partial charge >= 0.3 is 0 Å². The molecular weight excluding hydrogens is 395 g/mol. The van der Waals surface area contributed by atoms with Crippen LogP contribution in [0.2, 0.25) is 0 Å². The van der Waals surface area contributed by atoms with Gasteiger partial charge in [-0.05, 0) is 48.9 Å². The highest BCUT2D eigenvalue weighted by molar-refractivity contribution is 6.67. The number of anilines is 1. The highest BCUT2D eigenvalue weighted by atomic mass is 35.5. The van der Waals surface area contributed by atoms with E-state index in [0.717, 1.165) is 11.3 Å². The number of ether oxygens (including phenoxy) is 2. The lowest BCUT2D eigenvalue weighted by atomic mass is 10.1. The predicted molar refractivity (Wildman–Crippen MR) is 113 cm³/mol. The van der Waals surface area contributed by atoms with Crippen molar-refractivity contribution in [3.8, 4) is 18.1 Å². The second kappa shape index (κ2) is 10.6. The SMILES string of the molecule is C#CC(O)/C(=C/C(=N)Cl)Nc1ccc(F)cc1[C@@H](C)OCc1ccc(OC)cc1. The van der Waals surface area contributed by atoms with Crippen molar-refractivity contribution in [3.05, 3.63) is 71.2 Å². The fourth-order valence-electron chi connectivity index (χ4n) is 2.58. The second-order valence-corrected chi connectivity index (χ2v) is 6.58. The first-order valence-corrected chi connectivity index (χ1v) is 9.12. The lowest BCUT2D eigenvalue weighted by Crippen LogP contribution is -2.17. The summed E-state index contributed by atoms with van der Waals surface area (Å²) < 4.78 is 24.9. The van der Waals surface area contributed by atoms with Gasteiger partial charge in [0.05, 0.1) is 25.5 Å². The monoisotopic (exact) mass is 416 g/mol. The van der Waals surface area contributed by atoms with Gasteiger partial charge in [0.2, 0.25) is 0 Å². The summed E-state index contributed by atoms with van der Waals surface area (Å²) in [5.41, 5.74) is 2.06. The molecule has 29 heavy (non-hydrogen) atoms. The van der Waals surface area contributed by atoms with Crippen molar-refractivity contribution in [2.45, 2.75) is 25.7 Å². The Labute approximate surface area is 174 Å². The van der Waals surface area contributed by atoms with Crippen molar-refractivity contribution >= 4 is 22.5 Å². The molecule has 2 aromatic carbocycles. The Morgan fingerprint density at radius 2 is 2.03 bits per heavy atom. The second-order valence-electron chi connectivity index (χ2n) is 6.17. The van der Waals surface area contributed by atoms with E-state index in [2.05, 4.69) is 11.2 Å². The van der Waals surface area contributed by atoms with Crippen LogP contribution in [-0.2, 0) is 11.3 Å². The van der Waals surface area contributed by atoms with E-state index >= 15 is 0 Å². The zero-order valence-corrected chi connectivity index (χ0v) is 16.8. The minimum absolute atomic E-state index is 0.128. The molecule has 7 heteroatoms. The normalized spacial score (nSPS) is 13.3. The zero-order valence-electron chi connectivity index (χ0n) is 16.1. The lowest BCUT2D eigenvalue weighted by Gasteiger charge is -2.21. The van der Waals surface area contributed by atoms with Crippen molar-refractivity contribution in [1.29, 1.82) is 5.41 Å². The van der Waals surface area contributed by atoms with Gasteiger partial charge in [0.25, 0.3) is 0 Å². The summed E-state index contributed by atoms with van der Waals surface area (Å²) in [7, 11) is 1.59. The Morgan fingerprint density at radius 1 is 1.34 bits per heavy atom. The number of aliphatic hydroxyl groups is 1. The molecule has 1 unspecified atom stereocenters. The fraction of sp³-hybridized carbons (Fsp3) is 0.227. The van der Waals surface area contributed by atoms with Crippen molar-refractivity contribution < 1.29 is 19.0 Å². The third-order valence-electron chi connectivity index (χ3n) is 4.12. The van der Waals surface area contributed by atoms with E-state index in [-0.39, 0.29) is 10.9 Å². The molecule has 0 aliphatic carbocycles. The molecule has 5 nitrogen and oxygen atoms in total. The molecule has 0 heterocycles. The number of allylic oxidation sites excluding steroid dienone is 1. The molecule has 0 spiro atoms. The van der Waals surface area contributed by atoms with Crippen LogP contribution in [0.25, 0.3) is 0 Å². The van der Waals surface area contributed by atoms with Crippen LogP contribution in [-0.4, -0.2) is 23.5 Å². The number of halogens is 2. The van der Waals surface area contributed by atoms with E-state index in [1.807, 2.05) is 24.3 Å². The average molecular weight is 417 g/mol. The molecule has 0 radical (unpaired) electrons. The van der Waals surface area contributed by atoms with Crippen LogP contribution < -0.4 is 10.1 Å². The standard InChI is InChI=1S/C22H22ClFN2O3/c1-4-21(27)20(12-22(23)25)26-19-10-7-16(24)11-18(19)14(2)29-13-15-5-8-17(28-3)9-6-15/h1,5-12,14,21,25-27H,13H2,2-3H3/b20-12-,25-22?/t14-,21?/m1/s1. The van der Waals surface area contributed by atoms with Crippen LogP contribution >= 0.6 is 11.6 Å². The summed E-state index contributed by atoms with van der Waals surface area (Å²) in [4.78, 5) is 0. The van der Waals surface area contributed by atoms with Gasteiger partial charge in [0, 0.05) is 11.3 Å². The molecule has 0 fully saturated rings. The maximum Gasteiger partial charge on any atom is 0.154 e. The van der Waals surface area contributed by atoms with Crippen molar-refractivity contribution in [2.75, 3.05) is 12.4 Å². The summed E-state index contributed by atoms with van der Waals surface area (Å²) in [6.07, 6.45) is 4.69. The van der Waals surface area contributed by atoms with Crippen LogP contribution in [0.15, 0.2) is 54.2 Å². The fourth-order valence-corrected chi connectivity index (χ4v) is 2.70. The van der Waals surface area contributed by atoms with Crippen LogP contribution in [0.4, 0.5) is 10.1 Å². The molecule has 0 aromatic heterocycles. The maximum atomic E-state index is 13.9. The smallest absolute Gasteiger partial charge is 0.154 e. The van der Waals surface area contributed by atoms with Crippen LogP contribution in [0.1, 0.15) is 24.2 Å². The van der Waals surface area contributed by atoms with Gasteiger partial charge in [-0.1, -0.05) is 29.7 Å². The average Bonchev–Trinajstić information content (AvgIpc) is 2.72. The van der Waals surface area contributed by atoms with Gasteiger partial charge in [-0.2, -0.15) is 0 Å². The number of hydrogen-bond acceptors (Lipinski definition) is 5. The summed E-state index contributed by atoms with van der Waals surface area (Å²) in [5.74, 6) is 2.47. The van der Waals surface area contributed by atoms with Crippen molar-refractivity contribution in [1.82, 2.24) is 0 Å². The Balaban J connectivity index is 2.21. The molecule has 152 valence electrons. The molecule has 0 bridgehead atoms. The maximum absolute atomic E-state index is 13.9. The van der Waals surface area contributed by atoms with Crippen LogP contribution in [0.5, 0.6) is 5.75 Å². The predicted octanol–water partition coefficient (Wildman–Crippen LogP) is 4.62. The molecule has 0 saturated heterocycles.